The molecule has 0 amide bonds. The van der Waals surface area contributed by atoms with Crippen molar-refractivity contribution in [1.82, 2.24) is 5.32 Å². The van der Waals surface area contributed by atoms with Gasteiger partial charge in [0.15, 0.2) is 0 Å². The molecule has 3 heteroatoms. The molecule has 44 heavy (non-hydrogen) atoms. The van der Waals surface area contributed by atoms with E-state index in [1.54, 1.807) is 0 Å². The number of benzene rings is 1. The zero-order valence-corrected chi connectivity index (χ0v) is 29.6. The van der Waals surface area contributed by atoms with Gasteiger partial charge in [-0.15, -0.1) is 13.2 Å². The minimum atomic E-state index is -0.132. The molecule has 5 fully saturated rings. The Balaban J connectivity index is 0.000000231. The number of hydrogen-bond acceptors (Lipinski definition) is 3. The Labute approximate surface area is 271 Å². The molecule has 0 spiro atoms. The molecule has 3 nitrogen and oxygen atoms in total. The molecule has 0 aromatic heterocycles. The molecule has 0 aliphatic heterocycles. The van der Waals surface area contributed by atoms with Crippen molar-refractivity contribution in [3.05, 3.63) is 48.6 Å². The second-order valence-electron chi connectivity index (χ2n) is 16.2. The monoisotopic (exact) mass is 606 g/mol. The molecule has 7 rings (SSSR count). The first-order valence-electron chi connectivity index (χ1n) is 18.5. The molecule has 6 aliphatic rings. The van der Waals surface area contributed by atoms with E-state index >= 15 is 0 Å². The van der Waals surface area contributed by atoms with E-state index in [1.165, 1.54) is 88.0 Å². The van der Waals surface area contributed by atoms with Crippen molar-refractivity contribution in [2.24, 2.45) is 51.2 Å². The number of hydrogen-bond donors (Lipinski definition) is 2. The lowest BCUT2D eigenvalue weighted by atomic mass is 9.36. The van der Waals surface area contributed by atoms with Gasteiger partial charge in [-0.25, -0.2) is 0 Å². The average Bonchev–Trinajstić information content (AvgIpc) is 3.50. The SMILES string of the molecule is C=C.CC.CC1(C)C(O)CCC2(C)C1CCC1(C)C3CCC4(C=O)CCCC4C3CCC12.CNC1CCCc2ccccc21. The van der Waals surface area contributed by atoms with Crippen molar-refractivity contribution >= 4 is 6.29 Å². The van der Waals surface area contributed by atoms with Gasteiger partial charge >= 0.3 is 0 Å². The summed E-state index contributed by atoms with van der Waals surface area (Å²) in [5, 5.41) is 14.1. The van der Waals surface area contributed by atoms with E-state index in [0.717, 1.165) is 37.0 Å². The van der Waals surface area contributed by atoms with Crippen molar-refractivity contribution in [1.29, 1.82) is 0 Å². The van der Waals surface area contributed by atoms with Gasteiger partial charge in [0.25, 0.3) is 0 Å². The van der Waals surface area contributed by atoms with Crippen molar-refractivity contribution in [2.45, 2.75) is 144 Å². The first-order chi connectivity index (χ1) is 21.1. The summed E-state index contributed by atoms with van der Waals surface area (Å²) in [5.74, 6) is 3.76. The molecule has 10 unspecified atom stereocenters. The van der Waals surface area contributed by atoms with Crippen LogP contribution in [0.2, 0.25) is 0 Å². The highest BCUT2D eigenvalue weighted by Crippen LogP contribution is 2.72. The lowest BCUT2D eigenvalue weighted by molar-refractivity contribution is -0.213. The van der Waals surface area contributed by atoms with E-state index in [2.05, 4.69) is 70.4 Å². The van der Waals surface area contributed by atoms with E-state index < -0.39 is 0 Å². The number of fused-ring (bicyclic) bond motifs is 8. The molecule has 10 atom stereocenters. The zero-order valence-electron chi connectivity index (χ0n) is 29.6. The van der Waals surface area contributed by atoms with Gasteiger partial charge in [-0.3, -0.25) is 0 Å². The number of aliphatic hydroxyl groups excluding tert-OH is 1. The normalized spacial score (nSPS) is 42.8. The first kappa shape index (κ1) is 35.4. The minimum absolute atomic E-state index is 0.0441. The molecule has 6 aliphatic carbocycles. The highest BCUT2D eigenvalue weighted by molar-refractivity contribution is 5.61. The van der Waals surface area contributed by atoms with Crippen LogP contribution in [0.4, 0.5) is 0 Å². The second-order valence-corrected chi connectivity index (χ2v) is 16.2. The summed E-state index contributed by atoms with van der Waals surface area (Å²) in [4.78, 5) is 12.1. The van der Waals surface area contributed by atoms with Crippen LogP contribution >= 0.6 is 0 Å². The molecule has 0 radical (unpaired) electrons. The van der Waals surface area contributed by atoms with Crippen LogP contribution in [-0.2, 0) is 11.2 Å². The van der Waals surface area contributed by atoms with Gasteiger partial charge in [-0.1, -0.05) is 72.2 Å². The Hall–Kier alpha value is -1.45. The standard InChI is InChI=1S/C26H42O2.C11H15N.C2H6.C2H4/c1-23(2)20-10-13-24(3)18-9-15-26(16-27)12-5-6-19(26)17(18)7-8-21(24)25(20,4)14-11-22(23)28;1-12-11-8-4-6-9-5-2-3-7-10(9)11;2*1-2/h16-22,28H,5-15H2,1-4H3;2-3,5,7,11-12H,4,6,8H2,1H3;1-2H3;1-2H2. The van der Waals surface area contributed by atoms with Gasteiger partial charge in [0.1, 0.15) is 6.29 Å². The average molecular weight is 606 g/mol. The second kappa shape index (κ2) is 14.1. The molecule has 1 aromatic carbocycles. The van der Waals surface area contributed by atoms with Crippen LogP contribution in [0, 0.1) is 51.2 Å². The molecule has 0 bridgehead atoms. The molecule has 248 valence electrons. The lowest BCUT2D eigenvalue weighted by Crippen LogP contribution is -2.63. The van der Waals surface area contributed by atoms with Crippen LogP contribution in [0.1, 0.15) is 142 Å². The summed E-state index contributed by atoms with van der Waals surface area (Å²) in [6.07, 6.45) is 18.9. The maximum Gasteiger partial charge on any atom is 0.126 e. The number of aryl methyl sites for hydroxylation is 1. The molecule has 0 heterocycles. The van der Waals surface area contributed by atoms with E-state index in [4.69, 9.17) is 0 Å². The van der Waals surface area contributed by atoms with Gasteiger partial charge in [-0.05, 0) is 147 Å². The summed E-state index contributed by atoms with van der Waals surface area (Å²) in [6, 6.07) is 9.36. The van der Waals surface area contributed by atoms with E-state index in [0.29, 0.717) is 28.7 Å². The van der Waals surface area contributed by atoms with Crippen LogP contribution in [0.3, 0.4) is 0 Å². The fraction of sp³-hybridized carbons (Fsp3) is 0.780. The third-order valence-electron chi connectivity index (χ3n) is 14.5. The molecule has 2 N–H and O–H groups in total. The molecule has 5 saturated carbocycles. The first-order valence-corrected chi connectivity index (χ1v) is 18.5. The van der Waals surface area contributed by atoms with Crippen molar-refractivity contribution < 1.29 is 9.90 Å². The Morgan fingerprint density at radius 2 is 1.50 bits per heavy atom. The molecular formula is C41H67NO2. The van der Waals surface area contributed by atoms with Crippen LogP contribution in [0.25, 0.3) is 0 Å². The van der Waals surface area contributed by atoms with Crippen LogP contribution < -0.4 is 5.32 Å². The number of aldehydes is 1. The maximum absolute atomic E-state index is 12.1. The summed E-state index contributed by atoms with van der Waals surface area (Å²) >= 11 is 0. The Bertz CT molecular complexity index is 1100. The van der Waals surface area contributed by atoms with Crippen molar-refractivity contribution in [3.8, 4) is 0 Å². The van der Waals surface area contributed by atoms with Crippen molar-refractivity contribution in [2.75, 3.05) is 7.05 Å². The summed E-state index contributed by atoms with van der Waals surface area (Å²) in [5.41, 5.74) is 3.97. The smallest absolute Gasteiger partial charge is 0.126 e. The molecular weight excluding hydrogens is 538 g/mol. The van der Waals surface area contributed by atoms with E-state index in [9.17, 15) is 9.90 Å². The zero-order chi connectivity index (χ0) is 32.3. The Kier molecular flexibility index (Phi) is 11.4. The third-order valence-corrected chi connectivity index (χ3v) is 14.5. The quantitative estimate of drug-likeness (QED) is 0.260. The van der Waals surface area contributed by atoms with Gasteiger partial charge < -0.3 is 15.2 Å². The topological polar surface area (TPSA) is 49.3 Å². The third kappa shape index (κ3) is 5.80. The highest BCUT2D eigenvalue weighted by atomic mass is 16.3. The van der Waals surface area contributed by atoms with Crippen LogP contribution in [-0.4, -0.2) is 24.5 Å². The molecule has 1 aromatic rings. The number of nitrogens with one attached hydrogen (secondary N) is 1. The number of carbonyl (C=O) groups is 1. The Morgan fingerprint density at radius 3 is 2.20 bits per heavy atom. The minimum Gasteiger partial charge on any atom is -0.393 e. The van der Waals surface area contributed by atoms with E-state index in [1.807, 2.05) is 20.9 Å². The predicted molar refractivity (Wildman–Crippen MR) is 187 cm³/mol. The summed E-state index contributed by atoms with van der Waals surface area (Å²) in [6.45, 7) is 19.9. The van der Waals surface area contributed by atoms with Gasteiger partial charge in [0.05, 0.1) is 6.10 Å². The number of rotatable bonds is 2. The maximum atomic E-state index is 12.1. The predicted octanol–water partition coefficient (Wildman–Crippen LogP) is 10.1. The number of aliphatic hydroxyl groups is 1. The fourth-order valence-corrected chi connectivity index (χ4v) is 12.5. The van der Waals surface area contributed by atoms with Crippen molar-refractivity contribution in [3.63, 3.8) is 0 Å². The van der Waals surface area contributed by atoms with Gasteiger partial charge in [0.2, 0.25) is 0 Å². The summed E-state index contributed by atoms with van der Waals surface area (Å²) in [7, 11) is 2.05. The van der Waals surface area contributed by atoms with Gasteiger partial charge in [0, 0.05) is 11.5 Å². The van der Waals surface area contributed by atoms with E-state index in [-0.39, 0.29) is 16.9 Å². The largest absolute Gasteiger partial charge is 0.393 e. The fourth-order valence-electron chi connectivity index (χ4n) is 12.5. The number of carbonyl (C=O) groups excluding carboxylic acids is 1. The highest BCUT2D eigenvalue weighted by Gasteiger charge is 2.66. The Morgan fingerprint density at radius 1 is 0.795 bits per heavy atom. The van der Waals surface area contributed by atoms with Crippen LogP contribution in [0.5, 0.6) is 0 Å². The molecule has 0 saturated heterocycles. The summed E-state index contributed by atoms with van der Waals surface area (Å²) < 4.78 is 0. The van der Waals surface area contributed by atoms with Gasteiger partial charge in [-0.2, -0.15) is 0 Å². The van der Waals surface area contributed by atoms with Crippen LogP contribution in [0.15, 0.2) is 37.4 Å². The lowest BCUT2D eigenvalue weighted by Gasteiger charge is -2.69.